The second kappa shape index (κ2) is 6.10. The molecule has 2 aromatic heterocycles. The largest absolute Gasteiger partial charge is 0.315 e. The van der Waals surface area contributed by atoms with Crippen LogP contribution in [-0.2, 0) is 6.54 Å². The van der Waals surface area contributed by atoms with Crippen molar-refractivity contribution in [3.8, 4) is 0 Å². The van der Waals surface area contributed by atoms with Gasteiger partial charge in [-0.2, -0.15) is 5.10 Å². The van der Waals surface area contributed by atoms with Gasteiger partial charge in [0.25, 0.3) is 11.5 Å². The molecule has 0 unspecified atom stereocenters. The van der Waals surface area contributed by atoms with E-state index in [9.17, 15) is 9.59 Å². The van der Waals surface area contributed by atoms with Gasteiger partial charge in [-0.1, -0.05) is 6.07 Å². The fourth-order valence-corrected chi connectivity index (χ4v) is 2.12. The summed E-state index contributed by atoms with van der Waals surface area (Å²) >= 11 is 1.51. The zero-order valence-corrected chi connectivity index (χ0v) is 11.2. The first-order chi connectivity index (χ1) is 9.22. The number of thiophene rings is 1. The molecular formula is C13H13N3O2S. The third kappa shape index (κ3) is 3.17. The van der Waals surface area contributed by atoms with Crippen LogP contribution in [0.2, 0.25) is 0 Å². The number of amides is 1. The van der Waals surface area contributed by atoms with E-state index in [1.165, 1.54) is 22.0 Å². The van der Waals surface area contributed by atoms with Crippen molar-refractivity contribution in [3.63, 3.8) is 0 Å². The highest BCUT2D eigenvalue weighted by Crippen LogP contribution is 2.04. The second-order valence-corrected chi connectivity index (χ2v) is 4.71. The molecule has 0 aliphatic heterocycles. The number of pyridine rings is 1. The van der Waals surface area contributed by atoms with Gasteiger partial charge in [-0.15, -0.1) is 11.3 Å². The van der Waals surface area contributed by atoms with Crippen LogP contribution in [0.4, 0.5) is 0 Å². The molecule has 0 atom stereocenters. The Morgan fingerprint density at radius 3 is 3.00 bits per heavy atom. The predicted molar refractivity (Wildman–Crippen MR) is 75.8 cm³/mol. The Morgan fingerprint density at radius 2 is 2.32 bits per heavy atom. The summed E-state index contributed by atoms with van der Waals surface area (Å²) in [5.74, 6) is -0.499. The summed E-state index contributed by atoms with van der Waals surface area (Å²) in [6, 6.07) is 6.94. The minimum Gasteiger partial charge on any atom is -0.315 e. The number of rotatable bonds is 4. The van der Waals surface area contributed by atoms with Gasteiger partial charge < -0.3 is 4.57 Å². The normalized spacial score (nSPS) is 10.8. The number of aryl methyl sites for hydroxylation is 1. The maximum absolute atomic E-state index is 11.9. The van der Waals surface area contributed by atoms with Crippen LogP contribution in [0.3, 0.4) is 0 Å². The van der Waals surface area contributed by atoms with Crippen molar-refractivity contribution in [2.75, 3.05) is 0 Å². The molecule has 0 bridgehead atoms. The molecule has 0 fully saturated rings. The molecule has 0 saturated heterocycles. The minimum absolute atomic E-state index is 0.0904. The second-order valence-electron chi connectivity index (χ2n) is 3.73. The van der Waals surface area contributed by atoms with Crippen LogP contribution in [0.15, 0.2) is 45.7 Å². The first-order valence-electron chi connectivity index (χ1n) is 5.78. The van der Waals surface area contributed by atoms with Crippen molar-refractivity contribution in [2.45, 2.75) is 13.5 Å². The van der Waals surface area contributed by atoms with Gasteiger partial charge in [-0.3, -0.25) is 9.59 Å². The Balaban J connectivity index is 2.10. The van der Waals surface area contributed by atoms with Crippen LogP contribution < -0.4 is 11.0 Å². The molecule has 19 heavy (non-hydrogen) atoms. The van der Waals surface area contributed by atoms with E-state index in [4.69, 9.17) is 0 Å². The standard InChI is InChI=1S/C13H13N3O2S/c1-2-16-7-3-6-11(13(16)18)12(17)15-14-9-10-5-4-8-19-10/h3-9H,2H2,1H3,(H,15,17)/b14-9-. The van der Waals surface area contributed by atoms with Gasteiger partial charge in [-0.05, 0) is 30.5 Å². The Morgan fingerprint density at radius 1 is 1.47 bits per heavy atom. The molecule has 98 valence electrons. The SMILES string of the molecule is CCn1cccc(C(=O)N/N=C\c2cccs2)c1=O. The number of hydrogen-bond acceptors (Lipinski definition) is 4. The summed E-state index contributed by atoms with van der Waals surface area (Å²) in [5, 5.41) is 5.74. The van der Waals surface area contributed by atoms with Crippen LogP contribution in [0, 0.1) is 0 Å². The quantitative estimate of drug-likeness (QED) is 0.681. The average molecular weight is 275 g/mol. The number of carbonyl (C=O) groups is 1. The lowest BCUT2D eigenvalue weighted by atomic mass is 10.2. The molecular weight excluding hydrogens is 262 g/mol. The maximum Gasteiger partial charge on any atom is 0.276 e. The van der Waals surface area contributed by atoms with Crippen molar-refractivity contribution in [1.82, 2.24) is 9.99 Å². The Bertz CT molecular complexity index is 644. The molecule has 0 aliphatic carbocycles. The summed E-state index contributed by atoms with van der Waals surface area (Å²) in [6.45, 7) is 2.37. The molecule has 0 aromatic carbocycles. The van der Waals surface area contributed by atoms with Crippen molar-refractivity contribution in [2.24, 2.45) is 5.10 Å². The molecule has 1 amide bonds. The number of aromatic nitrogens is 1. The summed E-state index contributed by atoms with van der Waals surface area (Å²) in [6.07, 6.45) is 3.19. The highest BCUT2D eigenvalue weighted by Gasteiger charge is 2.10. The van der Waals surface area contributed by atoms with Gasteiger partial charge >= 0.3 is 0 Å². The smallest absolute Gasteiger partial charge is 0.276 e. The minimum atomic E-state index is -0.499. The van der Waals surface area contributed by atoms with Crippen molar-refractivity contribution >= 4 is 23.5 Å². The van der Waals surface area contributed by atoms with E-state index in [-0.39, 0.29) is 11.1 Å². The summed E-state index contributed by atoms with van der Waals surface area (Å²) in [7, 11) is 0. The Labute approximate surface area is 114 Å². The van der Waals surface area contributed by atoms with Crippen molar-refractivity contribution < 1.29 is 4.79 Å². The maximum atomic E-state index is 11.9. The number of hydrogen-bond donors (Lipinski definition) is 1. The number of nitrogens with one attached hydrogen (secondary N) is 1. The van der Waals surface area contributed by atoms with Crippen LogP contribution >= 0.6 is 11.3 Å². The van der Waals surface area contributed by atoms with Crippen LogP contribution in [-0.4, -0.2) is 16.7 Å². The molecule has 0 spiro atoms. The van der Waals surface area contributed by atoms with E-state index < -0.39 is 5.91 Å². The lowest BCUT2D eigenvalue weighted by Gasteiger charge is -2.03. The van der Waals surface area contributed by atoms with Crippen molar-refractivity contribution in [1.29, 1.82) is 0 Å². The summed E-state index contributed by atoms with van der Waals surface area (Å²) < 4.78 is 1.47. The van der Waals surface area contributed by atoms with Gasteiger partial charge in [0.05, 0.1) is 6.21 Å². The molecule has 0 radical (unpaired) electrons. The summed E-state index contributed by atoms with van der Waals surface area (Å²) in [5.41, 5.74) is 2.13. The third-order valence-electron chi connectivity index (χ3n) is 2.51. The molecule has 5 nitrogen and oxygen atoms in total. The lowest BCUT2D eigenvalue weighted by Crippen LogP contribution is -2.30. The first kappa shape index (κ1) is 13.2. The van der Waals surface area contributed by atoms with Gasteiger partial charge in [-0.25, -0.2) is 5.43 Å². The van der Waals surface area contributed by atoms with Crippen LogP contribution in [0.25, 0.3) is 0 Å². The summed E-state index contributed by atoms with van der Waals surface area (Å²) in [4.78, 5) is 24.6. The zero-order chi connectivity index (χ0) is 13.7. The Kier molecular flexibility index (Phi) is 4.25. The number of nitrogens with zero attached hydrogens (tertiary/aromatic N) is 2. The van der Waals surface area contributed by atoms with Gasteiger partial charge in [0.2, 0.25) is 0 Å². The van der Waals surface area contributed by atoms with E-state index in [0.717, 1.165) is 4.88 Å². The molecule has 2 aromatic rings. The van der Waals surface area contributed by atoms with E-state index >= 15 is 0 Å². The number of hydrazone groups is 1. The number of carbonyl (C=O) groups excluding carboxylic acids is 1. The van der Waals surface area contributed by atoms with E-state index in [1.807, 2.05) is 24.4 Å². The van der Waals surface area contributed by atoms with E-state index in [1.54, 1.807) is 18.5 Å². The topological polar surface area (TPSA) is 63.5 Å². The fourth-order valence-electron chi connectivity index (χ4n) is 1.54. The molecule has 1 N–H and O–H groups in total. The molecule has 0 saturated carbocycles. The predicted octanol–water partition coefficient (Wildman–Crippen LogP) is 1.69. The Hall–Kier alpha value is -2.21. The van der Waals surface area contributed by atoms with Gasteiger partial charge in [0, 0.05) is 17.6 Å². The van der Waals surface area contributed by atoms with Gasteiger partial charge in [0.15, 0.2) is 0 Å². The monoisotopic (exact) mass is 275 g/mol. The molecule has 2 heterocycles. The fraction of sp³-hybridized carbons (Fsp3) is 0.154. The highest BCUT2D eigenvalue weighted by molar-refractivity contribution is 7.11. The average Bonchev–Trinajstić information content (AvgIpc) is 2.92. The molecule has 0 aliphatic rings. The van der Waals surface area contributed by atoms with E-state index in [0.29, 0.717) is 6.54 Å². The first-order valence-corrected chi connectivity index (χ1v) is 6.66. The van der Waals surface area contributed by atoms with Gasteiger partial charge in [0.1, 0.15) is 5.56 Å². The van der Waals surface area contributed by atoms with Crippen LogP contribution in [0.1, 0.15) is 22.2 Å². The molecule has 6 heteroatoms. The van der Waals surface area contributed by atoms with Crippen LogP contribution in [0.5, 0.6) is 0 Å². The highest BCUT2D eigenvalue weighted by atomic mass is 32.1. The zero-order valence-electron chi connectivity index (χ0n) is 10.4. The molecule has 2 rings (SSSR count). The van der Waals surface area contributed by atoms with Crippen molar-refractivity contribution in [3.05, 3.63) is 56.6 Å². The third-order valence-corrected chi connectivity index (χ3v) is 3.31. The lowest BCUT2D eigenvalue weighted by molar-refractivity contribution is 0.0953. The van der Waals surface area contributed by atoms with E-state index in [2.05, 4.69) is 10.5 Å².